The number of alkyl halides is 3. The number of carbonyl (C=O) groups is 1. The van der Waals surface area contributed by atoms with Crippen molar-refractivity contribution < 1.29 is 18.0 Å². The smallest absolute Gasteiger partial charge is 0.366 e. The Morgan fingerprint density at radius 2 is 1.93 bits per heavy atom. The van der Waals surface area contributed by atoms with Gasteiger partial charge < -0.3 is 10.3 Å². The van der Waals surface area contributed by atoms with Gasteiger partial charge in [-0.25, -0.2) is 4.98 Å². The molecule has 0 saturated heterocycles. The predicted molar refractivity (Wildman–Crippen MR) is 98.2 cm³/mol. The molecule has 0 fully saturated rings. The van der Waals surface area contributed by atoms with E-state index < -0.39 is 17.6 Å². The molecular formula is C18H14Cl2F3N3O. The Bertz CT molecular complexity index is 1070. The third kappa shape index (κ3) is 3.49. The first-order chi connectivity index (χ1) is 12.5. The average molecular weight is 416 g/mol. The zero-order valence-corrected chi connectivity index (χ0v) is 15.8. The fourth-order valence-electron chi connectivity index (χ4n) is 2.94. The summed E-state index contributed by atoms with van der Waals surface area (Å²) >= 11 is 12.5. The van der Waals surface area contributed by atoms with Gasteiger partial charge in [0.15, 0.2) is 0 Å². The average Bonchev–Trinajstić information content (AvgIpc) is 2.87. The molecule has 1 heterocycles. The molecule has 0 bridgehead atoms. The van der Waals surface area contributed by atoms with Crippen molar-refractivity contribution >= 4 is 40.1 Å². The molecule has 1 aromatic heterocycles. The summed E-state index contributed by atoms with van der Waals surface area (Å²) in [7, 11) is 1.62. The van der Waals surface area contributed by atoms with Crippen LogP contribution >= 0.6 is 23.2 Å². The largest absolute Gasteiger partial charge is 0.416 e. The van der Waals surface area contributed by atoms with Gasteiger partial charge >= 0.3 is 6.18 Å². The van der Waals surface area contributed by atoms with Gasteiger partial charge in [-0.1, -0.05) is 23.2 Å². The van der Waals surface area contributed by atoms with Crippen molar-refractivity contribution in [2.75, 3.05) is 0 Å². The van der Waals surface area contributed by atoms with E-state index in [9.17, 15) is 18.0 Å². The van der Waals surface area contributed by atoms with Crippen molar-refractivity contribution in [3.8, 4) is 0 Å². The molecule has 3 aromatic rings. The molecule has 2 N–H and O–H groups in total. The maximum atomic E-state index is 13.1. The van der Waals surface area contributed by atoms with Gasteiger partial charge in [-0.3, -0.25) is 4.79 Å². The van der Waals surface area contributed by atoms with Crippen molar-refractivity contribution in [1.29, 1.82) is 0 Å². The van der Waals surface area contributed by atoms with E-state index in [2.05, 4.69) is 4.98 Å². The van der Waals surface area contributed by atoms with Gasteiger partial charge in [0.25, 0.3) is 0 Å². The van der Waals surface area contributed by atoms with Crippen LogP contribution in [0.5, 0.6) is 0 Å². The van der Waals surface area contributed by atoms with Crippen LogP contribution in [-0.4, -0.2) is 15.5 Å². The van der Waals surface area contributed by atoms with Gasteiger partial charge in [-0.2, -0.15) is 13.2 Å². The fraction of sp³-hybridized carbons (Fsp3) is 0.222. The number of nitrogens with zero attached hydrogens (tertiary/aromatic N) is 2. The highest BCUT2D eigenvalue weighted by Gasteiger charge is 2.32. The molecule has 0 atom stereocenters. The molecule has 0 aliphatic heterocycles. The third-order valence-corrected chi connectivity index (χ3v) is 5.17. The Labute approximate surface area is 162 Å². The van der Waals surface area contributed by atoms with E-state index in [1.807, 2.05) is 0 Å². The Morgan fingerprint density at radius 3 is 2.52 bits per heavy atom. The van der Waals surface area contributed by atoms with Crippen LogP contribution in [0.1, 0.15) is 32.9 Å². The van der Waals surface area contributed by atoms with Crippen LogP contribution in [0, 0.1) is 6.92 Å². The molecule has 0 unspecified atom stereocenters. The van der Waals surface area contributed by atoms with E-state index in [1.54, 1.807) is 18.5 Å². The molecule has 27 heavy (non-hydrogen) atoms. The summed E-state index contributed by atoms with van der Waals surface area (Å²) < 4.78 is 40.9. The molecule has 2 aromatic carbocycles. The number of aromatic nitrogens is 2. The summed E-state index contributed by atoms with van der Waals surface area (Å²) in [6.07, 6.45) is -4.32. The number of imidazole rings is 1. The number of hydrogen-bond acceptors (Lipinski definition) is 2. The SMILES string of the molecule is Cc1cc(C(F)(F)F)cc2c1nc(Cc1c(Cl)ccc(C(N)=O)c1Cl)n2C. The number of aryl methyl sites for hydroxylation is 2. The van der Waals surface area contributed by atoms with Crippen LogP contribution in [-0.2, 0) is 19.6 Å². The first-order valence-corrected chi connectivity index (χ1v) is 8.56. The van der Waals surface area contributed by atoms with Gasteiger partial charge in [-0.05, 0) is 42.3 Å². The lowest BCUT2D eigenvalue weighted by molar-refractivity contribution is -0.137. The number of nitrogens with two attached hydrogens (primary N) is 1. The number of amides is 1. The highest BCUT2D eigenvalue weighted by Crippen LogP contribution is 2.34. The van der Waals surface area contributed by atoms with Crippen molar-refractivity contribution in [2.24, 2.45) is 12.8 Å². The van der Waals surface area contributed by atoms with Crippen molar-refractivity contribution in [3.63, 3.8) is 0 Å². The Balaban J connectivity index is 2.15. The van der Waals surface area contributed by atoms with Gasteiger partial charge in [0, 0.05) is 18.5 Å². The Kier molecular flexibility index (Phi) is 4.86. The van der Waals surface area contributed by atoms with Gasteiger partial charge in [-0.15, -0.1) is 0 Å². The van der Waals surface area contributed by atoms with Crippen LogP contribution in [0.3, 0.4) is 0 Å². The molecule has 0 spiro atoms. The Hall–Kier alpha value is -2.25. The fourth-order valence-corrected chi connectivity index (χ4v) is 3.53. The summed E-state index contributed by atoms with van der Waals surface area (Å²) in [5.74, 6) is -0.244. The first-order valence-electron chi connectivity index (χ1n) is 7.80. The second kappa shape index (κ2) is 6.73. The van der Waals surface area contributed by atoms with Gasteiger partial charge in [0.1, 0.15) is 5.82 Å². The summed E-state index contributed by atoms with van der Waals surface area (Å²) in [6.45, 7) is 1.57. The molecule has 142 valence electrons. The first kappa shape index (κ1) is 19.5. The quantitative estimate of drug-likeness (QED) is 0.661. The molecule has 3 rings (SSSR count). The molecular weight excluding hydrogens is 402 g/mol. The zero-order chi connectivity index (χ0) is 20.1. The number of primary amides is 1. The summed E-state index contributed by atoms with van der Waals surface area (Å²) in [4.78, 5) is 15.9. The third-order valence-electron chi connectivity index (χ3n) is 4.38. The number of fused-ring (bicyclic) bond motifs is 1. The number of halogens is 5. The summed E-state index contributed by atoms with van der Waals surface area (Å²) in [6, 6.07) is 5.04. The van der Waals surface area contributed by atoms with Crippen molar-refractivity contribution in [1.82, 2.24) is 9.55 Å². The zero-order valence-electron chi connectivity index (χ0n) is 14.3. The predicted octanol–water partition coefficient (Wildman–Crippen LogP) is 4.90. The minimum atomic E-state index is -4.45. The van der Waals surface area contributed by atoms with Crippen LogP contribution in [0.25, 0.3) is 11.0 Å². The summed E-state index contributed by atoms with van der Waals surface area (Å²) in [5, 5.41) is 0.416. The standard InChI is InChI=1S/C18H14Cl2F3N3O/c1-8-5-9(18(21,22)23)6-13-16(8)25-14(26(13)2)7-11-12(19)4-3-10(15(11)20)17(24)27/h3-6H,7H2,1-2H3,(H2,24,27). The lowest BCUT2D eigenvalue weighted by Gasteiger charge is -2.10. The molecule has 1 amide bonds. The van der Waals surface area contributed by atoms with Gasteiger partial charge in [0.05, 0.1) is 27.2 Å². The maximum absolute atomic E-state index is 13.1. The van der Waals surface area contributed by atoms with E-state index in [0.717, 1.165) is 12.1 Å². The number of hydrogen-bond donors (Lipinski definition) is 1. The molecule has 0 radical (unpaired) electrons. The number of carbonyl (C=O) groups excluding carboxylic acids is 1. The highest BCUT2D eigenvalue weighted by molar-refractivity contribution is 6.38. The van der Waals surface area contributed by atoms with E-state index in [0.29, 0.717) is 33.0 Å². The molecule has 0 aliphatic carbocycles. The van der Waals surface area contributed by atoms with Crippen LogP contribution in [0.2, 0.25) is 10.0 Å². The normalized spacial score (nSPS) is 12.0. The van der Waals surface area contributed by atoms with Crippen molar-refractivity contribution in [3.05, 3.63) is 62.4 Å². The number of benzene rings is 2. The van der Waals surface area contributed by atoms with E-state index in [1.165, 1.54) is 12.1 Å². The lowest BCUT2D eigenvalue weighted by Crippen LogP contribution is -2.13. The van der Waals surface area contributed by atoms with Crippen LogP contribution in [0.15, 0.2) is 24.3 Å². The second-order valence-corrected chi connectivity index (χ2v) is 6.96. The molecule has 9 heteroatoms. The lowest BCUT2D eigenvalue weighted by atomic mass is 10.1. The minimum Gasteiger partial charge on any atom is -0.366 e. The van der Waals surface area contributed by atoms with E-state index in [4.69, 9.17) is 28.9 Å². The monoisotopic (exact) mass is 415 g/mol. The topological polar surface area (TPSA) is 60.9 Å². The van der Waals surface area contributed by atoms with Crippen molar-refractivity contribution in [2.45, 2.75) is 19.5 Å². The van der Waals surface area contributed by atoms with Crippen LogP contribution < -0.4 is 5.73 Å². The molecule has 0 aliphatic rings. The van der Waals surface area contributed by atoms with E-state index in [-0.39, 0.29) is 17.0 Å². The Morgan fingerprint density at radius 1 is 1.26 bits per heavy atom. The molecule has 0 saturated carbocycles. The van der Waals surface area contributed by atoms with Crippen LogP contribution in [0.4, 0.5) is 13.2 Å². The molecule has 4 nitrogen and oxygen atoms in total. The highest BCUT2D eigenvalue weighted by atomic mass is 35.5. The minimum absolute atomic E-state index is 0.106. The van der Waals surface area contributed by atoms with Gasteiger partial charge in [0.2, 0.25) is 5.91 Å². The van der Waals surface area contributed by atoms with E-state index >= 15 is 0 Å². The second-order valence-electron chi connectivity index (χ2n) is 6.17. The number of rotatable bonds is 3. The maximum Gasteiger partial charge on any atom is 0.416 e. The summed E-state index contributed by atoms with van der Waals surface area (Å²) in [5.41, 5.74) is 6.32.